The quantitative estimate of drug-likeness (QED) is 0.876. The molecule has 6 heteroatoms. The molecular formula is C14H14N4O2. The van der Waals surface area contributed by atoms with Crippen LogP contribution in [0.5, 0.6) is 0 Å². The van der Waals surface area contributed by atoms with Crippen molar-refractivity contribution in [2.24, 2.45) is 5.16 Å². The van der Waals surface area contributed by atoms with Crippen LogP contribution in [0.4, 0.5) is 0 Å². The second-order valence-electron chi connectivity index (χ2n) is 4.53. The van der Waals surface area contributed by atoms with Gasteiger partial charge in [-0.1, -0.05) is 35.5 Å². The molecule has 1 aliphatic rings. The number of hydrogen-bond donors (Lipinski definition) is 2. The maximum atomic E-state index is 12.0. The predicted octanol–water partition coefficient (Wildman–Crippen LogP) is 1.22. The number of carbonyl (C=O) groups excluding carboxylic acids is 1. The summed E-state index contributed by atoms with van der Waals surface area (Å²) in [6.45, 7) is 0.426. The van der Waals surface area contributed by atoms with Gasteiger partial charge in [-0.15, -0.1) is 0 Å². The first-order valence-electron chi connectivity index (χ1n) is 6.36. The highest BCUT2D eigenvalue weighted by atomic mass is 16.6. The lowest BCUT2D eigenvalue weighted by Crippen LogP contribution is -2.34. The highest BCUT2D eigenvalue weighted by molar-refractivity contribution is 6.04. The number of nitrogens with zero attached hydrogens (tertiary/aromatic N) is 2. The van der Waals surface area contributed by atoms with E-state index in [2.05, 4.69) is 20.7 Å². The van der Waals surface area contributed by atoms with E-state index in [0.29, 0.717) is 13.0 Å². The Bertz CT molecular complexity index is 607. The molecule has 0 saturated heterocycles. The largest absolute Gasteiger partial charge is 0.382 e. The van der Waals surface area contributed by atoms with E-state index in [9.17, 15) is 4.79 Å². The smallest absolute Gasteiger partial charge is 0.264 e. The summed E-state index contributed by atoms with van der Waals surface area (Å²) in [5.74, 6) is -0.166. The molecule has 1 aromatic carbocycles. The van der Waals surface area contributed by atoms with Gasteiger partial charge >= 0.3 is 0 Å². The Hall–Kier alpha value is -2.63. The minimum atomic E-state index is -0.558. The summed E-state index contributed by atoms with van der Waals surface area (Å²) in [5.41, 5.74) is 2.70. The molecule has 20 heavy (non-hydrogen) atoms. The fraction of sp³-hybridized carbons (Fsp3) is 0.214. The number of amides is 1. The Labute approximate surface area is 115 Å². The number of carbonyl (C=O) groups is 1. The molecular weight excluding hydrogens is 256 g/mol. The number of rotatable bonds is 4. The summed E-state index contributed by atoms with van der Waals surface area (Å²) in [4.78, 5) is 17.2. The molecule has 102 valence electrons. The monoisotopic (exact) mass is 270 g/mol. The Morgan fingerprint density at radius 3 is 3.00 bits per heavy atom. The molecule has 1 aromatic heterocycles. The van der Waals surface area contributed by atoms with Crippen molar-refractivity contribution in [3.63, 3.8) is 0 Å². The van der Waals surface area contributed by atoms with Crippen LogP contribution in [0.3, 0.4) is 0 Å². The zero-order valence-corrected chi connectivity index (χ0v) is 10.7. The van der Waals surface area contributed by atoms with Gasteiger partial charge in [-0.25, -0.2) is 0 Å². The molecule has 0 saturated carbocycles. The lowest BCUT2D eigenvalue weighted by molar-refractivity contribution is -0.131. The number of aromatic nitrogens is 2. The van der Waals surface area contributed by atoms with E-state index in [-0.39, 0.29) is 5.91 Å². The van der Waals surface area contributed by atoms with Crippen molar-refractivity contribution < 1.29 is 9.63 Å². The van der Waals surface area contributed by atoms with E-state index >= 15 is 0 Å². The summed E-state index contributed by atoms with van der Waals surface area (Å²) in [6.07, 6.45) is 3.34. The average molecular weight is 270 g/mol. The first kappa shape index (κ1) is 12.4. The van der Waals surface area contributed by atoms with Crippen molar-refractivity contribution in [1.29, 1.82) is 0 Å². The predicted molar refractivity (Wildman–Crippen MR) is 72.9 cm³/mol. The van der Waals surface area contributed by atoms with E-state index in [4.69, 9.17) is 4.84 Å². The van der Waals surface area contributed by atoms with Gasteiger partial charge in [-0.2, -0.15) is 5.10 Å². The lowest BCUT2D eigenvalue weighted by atomic mass is 10.0. The number of hydrogen-bond acceptors (Lipinski definition) is 4. The van der Waals surface area contributed by atoms with Gasteiger partial charge < -0.3 is 10.2 Å². The van der Waals surface area contributed by atoms with E-state index in [1.807, 2.05) is 30.3 Å². The van der Waals surface area contributed by atoms with Crippen LogP contribution in [-0.2, 0) is 16.2 Å². The summed E-state index contributed by atoms with van der Waals surface area (Å²) < 4.78 is 0. The SMILES string of the molecule is O=C(NCc1cn[nH]c1)C1CC(c2ccccc2)=NO1. The zero-order chi connectivity index (χ0) is 13.8. The van der Waals surface area contributed by atoms with E-state index < -0.39 is 6.10 Å². The molecule has 1 unspecified atom stereocenters. The van der Waals surface area contributed by atoms with Crippen LogP contribution < -0.4 is 5.32 Å². The van der Waals surface area contributed by atoms with Crippen molar-refractivity contribution in [1.82, 2.24) is 15.5 Å². The van der Waals surface area contributed by atoms with Gasteiger partial charge in [0.15, 0.2) is 0 Å². The number of oxime groups is 1. The van der Waals surface area contributed by atoms with E-state index in [1.165, 1.54) is 0 Å². The van der Waals surface area contributed by atoms with E-state index in [1.54, 1.807) is 12.4 Å². The highest BCUT2D eigenvalue weighted by Gasteiger charge is 2.28. The van der Waals surface area contributed by atoms with Crippen LogP contribution in [0.15, 0.2) is 47.9 Å². The standard InChI is InChI=1S/C14H14N4O2/c19-14(15-7-10-8-16-17-9-10)13-6-12(18-20-13)11-4-2-1-3-5-11/h1-5,8-9,13H,6-7H2,(H,15,19)(H,16,17). The van der Waals surface area contributed by atoms with Gasteiger partial charge in [0.1, 0.15) is 0 Å². The van der Waals surface area contributed by atoms with Crippen LogP contribution in [-0.4, -0.2) is 27.9 Å². The summed E-state index contributed by atoms with van der Waals surface area (Å²) in [7, 11) is 0. The fourth-order valence-electron chi connectivity index (χ4n) is 2.00. The van der Waals surface area contributed by atoms with Crippen molar-refractivity contribution in [2.45, 2.75) is 19.1 Å². The Morgan fingerprint density at radius 1 is 1.40 bits per heavy atom. The molecule has 0 fully saturated rings. The number of H-pyrrole nitrogens is 1. The molecule has 0 spiro atoms. The van der Waals surface area contributed by atoms with Crippen LogP contribution in [0.2, 0.25) is 0 Å². The van der Waals surface area contributed by atoms with Gasteiger partial charge in [-0.3, -0.25) is 9.89 Å². The lowest BCUT2D eigenvalue weighted by Gasteiger charge is -2.08. The second-order valence-corrected chi connectivity index (χ2v) is 4.53. The first-order chi connectivity index (χ1) is 9.83. The first-order valence-corrected chi connectivity index (χ1v) is 6.36. The van der Waals surface area contributed by atoms with Crippen LogP contribution in [0, 0.1) is 0 Å². The Kier molecular flexibility index (Phi) is 3.45. The van der Waals surface area contributed by atoms with Crippen molar-refractivity contribution in [3.8, 4) is 0 Å². The number of nitrogens with one attached hydrogen (secondary N) is 2. The van der Waals surface area contributed by atoms with Gasteiger partial charge in [0.05, 0.1) is 11.9 Å². The third-order valence-corrected chi connectivity index (χ3v) is 3.09. The maximum Gasteiger partial charge on any atom is 0.264 e. The zero-order valence-electron chi connectivity index (χ0n) is 10.7. The highest BCUT2D eigenvalue weighted by Crippen LogP contribution is 2.16. The molecule has 0 radical (unpaired) electrons. The normalized spacial score (nSPS) is 17.4. The van der Waals surface area contributed by atoms with Crippen LogP contribution in [0.1, 0.15) is 17.5 Å². The number of aromatic amines is 1. The summed E-state index contributed by atoms with van der Waals surface area (Å²) in [5, 5.41) is 13.3. The van der Waals surface area contributed by atoms with Gasteiger partial charge in [0.25, 0.3) is 5.91 Å². The number of benzene rings is 1. The third-order valence-electron chi connectivity index (χ3n) is 3.09. The molecule has 6 nitrogen and oxygen atoms in total. The topological polar surface area (TPSA) is 79.4 Å². The molecule has 2 aromatic rings. The van der Waals surface area contributed by atoms with Crippen LogP contribution in [0.25, 0.3) is 0 Å². The van der Waals surface area contributed by atoms with Crippen LogP contribution >= 0.6 is 0 Å². The summed E-state index contributed by atoms with van der Waals surface area (Å²) >= 11 is 0. The molecule has 3 rings (SSSR count). The molecule has 2 heterocycles. The third kappa shape index (κ3) is 2.69. The maximum absolute atomic E-state index is 12.0. The van der Waals surface area contributed by atoms with Gasteiger partial charge in [0.2, 0.25) is 6.10 Å². The molecule has 1 amide bonds. The molecule has 2 N–H and O–H groups in total. The van der Waals surface area contributed by atoms with Crippen molar-refractivity contribution in [2.75, 3.05) is 0 Å². The molecule has 0 bridgehead atoms. The van der Waals surface area contributed by atoms with Gasteiger partial charge in [-0.05, 0) is 5.56 Å². The Morgan fingerprint density at radius 2 is 2.25 bits per heavy atom. The minimum absolute atomic E-state index is 0.166. The molecule has 1 aliphatic heterocycles. The molecule has 1 atom stereocenters. The second kappa shape index (κ2) is 5.56. The van der Waals surface area contributed by atoms with Gasteiger partial charge in [0, 0.05) is 24.7 Å². The summed E-state index contributed by atoms with van der Waals surface area (Å²) in [6, 6.07) is 9.71. The van der Waals surface area contributed by atoms with Crippen molar-refractivity contribution >= 4 is 11.6 Å². The fourth-order valence-corrected chi connectivity index (χ4v) is 2.00. The molecule has 0 aliphatic carbocycles. The van der Waals surface area contributed by atoms with Crippen molar-refractivity contribution in [3.05, 3.63) is 53.9 Å². The average Bonchev–Trinajstić information content (AvgIpc) is 3.17. The minimum Gasteiger partial charge on any atom is -0.382 e. The van der Waals surface area contributed by atoms with E-state index in [0.717, 1.165) is 16.8 Å². The Balaban J connectivity index is 1.54.